The molecule has 1 aliphatic rings. The lowest BCUT2D eigenvalue weighted by Crippen LogP contribution is -2.49. The minimum absolute atomic E-state index is 0.168. The predicted octanol–water partition coefficient (Wildman–Crippen LogP) is 1.24. The molecule has 2 aromatic rings. The molecule has 1 saturated heterocycles. The molecule has 3 rings (SSSR count). The Labute approximate surface area is 128 Å². The summed E-state index contributed by atoms with van der Waals surface area (Å²) in [5, 5.41) is 2.08. The van der Waals surface area contributed by atoms with Crippen LogP contribution in [0.1, 0.15) is 18.7 Å². The number of hydrogen-bond acceptors (Lipinski definition) is 5. The van der Waals surface area contributed by atoms with Gasteiger partial charge < -0.3 is 9.47 Å². The number of carbonyl (C=O) groups is 1. The predicted molar refractivity (Wildman–Crippen MR) is 80.9 cm³/mol. The zero-order valence-corrected chi connectivity index (χ0v) is 12.9. The Morgan fingerprint density at radius 3 is 2.81 bits per heavy atom. The maximum absolute atomic E-state index is 12.5. The topological polar surface area (TPSA) is 54.3 Å². The molecule has 0 aliphatic carbocycles. The number of piperazine rings is 1. The molecule has 1 amide bonds. The van der Waals surface area contributed by atoms with Crippen molar-refractivity contribution in [1.82, 2.24) is 24.3 Å². The standard InChI is InChI=1S/C14H19N5OS/c1-12(19-3-2-15-10-19)14(20)18-6-4-17(5-7-18)8-13-9-21-11-16-13/h2-3,9-12H,4-8H2,1H3. The highest BCUT2D eigenvalue weighted by atomic mass is 32.1. The fraction of sp³-hybridized carbons (Fsp3) is 0.500. The lowest BCUT2D eigenvalue weighted by atomic mass is 10.2. The first-order valence-electron chi connectivity index (χ1n) is 7.09. The van der Waals surface area contributed by atoms with E-state index < -0.39 is 0 Å². The summed E-state index contributed by atoms with van der Waals surface area (Å²) in [7, 11) is 0. The second-order valence-corrected chi connectivity index (χ2v) is 5.99. The minimum Gasteiger partial charge on any atom is -0.338 e. The lowest BCUT2D eigenvalue weighted by Gasteiger charge is -2.35. The van der Waals surface area contributed by atoms with Crippen molar-refractivity contribution in [3.8, 4) is 0 Å². The van der Waals surface area contributed by atoms with E-state index in [1.165, 1.54) is 0 Å². The van der Waals surface area contributed by atoms with E-state index in [9.17, 15) is 4.79 Å². The van der Waals surface area contributed by atoms with Crippen molar-refractivity contribution >= 4 is 17.2 Å². The van der Waals surface area contributed by atoms with E-state index in [0.29, 0.717) is 0 Å². The molecule has 0 radical (unpaired) electrons. The SMILES string of the molecule is CC(C(=O)N1CCN(Cc2cscn2)CC1)n1ccnc1. The zero-order valence-electron chi connectivity index (χ0n) is 12.1. The molecule has 0 spiro atoms. The molecule has 112 valence electrons. The van der Waals surface area contributed by atoms with Crippen LogP contribution in [0, 0.1) is 0 Å². The molecule has 1 atom stereocenters. The van der Waals surface area contributed by atoms with Gasteiger partial charge in [0, 0.05) is 50.5 Å². The molecule has 0 N–H and O–H groups in total. The molecule has 6 nitrogen and oxygen atoms in total. The highest BCUT2D eigenvalue weighted by molar-refractivity contribution is 7.07. The molecule has 0 aromatic carbocycles. The van der Waals surface area contributed by atoms with Gasteiger partial charge in [-0.3, -0.25) is 9.69 Å². The van der Waals surface area contributed by atoms with Crippen molar-refractivity contribution in [2.75, 3.05) is 26.2 Å². The zero-order chi connectivity index (χ0) is 14.7. The molecule has 0 saturated carbocycles. The molecule has 0 bridgehead atoms. The number of nitrogens with zero attached hydrogens (tertiary/aromatic N) is 5. The first kappa shape index (κ1) is 14.2. The second-order valence-electron chi connectivity index (χ2n) is 5.27. The van der Waals surface area contributed by atoms with Crippen LogP contribution in [0.3, 0.4) is 0 Å². The summed E-state index contributed by atoms with van der Waals surface area (Å²) in [6.07, 6.45) is 5.23. The van der Waals surface area contributed by atoms with Gasteiger partial charge in [-0.2, -0.15) is 0 Å². The van der Waals surface area contributed by atoms with Gasteiger partial charge in [-0.1, -0.05) is 0 Å². The van der Waals surface area contributed by atoms with Crippen LogP contribution in [0.25, 0.3) is 0 Å². The average Bonchev–Trinajstić information content (AvgIpc) is 3.20. The van der Waals surface area contributed by atoms with E-state index in [4.69, 9.17) is 0 Å². The van der Waals surface area contributed by atoms with Gasteiger partial charge in [-0.25, -0.2) is 9.97 Å². The van der Waals surface area contributed by atoms with Gasteiger partial charge in [0.2, 0.25) is 5.91 Å². The third-order valence-electron chi connectivity index (χ3n) is 3.88. The Balaban J connectivity index is 1.52. The average molecular weight is 305 g/mol. The van der Waals surface area contributed by atoms with Gasteiger partial charge in [0.25, 0.3) is 0 Å². The summed E-state index contributed by atoms with van der Waals surface area (Å²) in [5.41, 5.74) is 2.98. The fourth-order valence-electron chi connectivity index (χ4n) is 2.56. The minimum atomic E-state index is -0.183. The third-order valence-corrected chi connectivity index (χ3v) is 4.52. The van der Waals surface area contributed by atoms with E-state index >= 15 is 0 Å². The molecule has 1 fully saturated rings. The van der Waals surface area contributed by atoms with Crippen molar-refractivity contribution in [3.05, 3.63) is 35.3 Å². The molecule has 7 heteroatoms. The van der Waals surface area contributed by atoms with Crippen molar-refractivity contribution in [1.29, 1.82) is 0 Å². The smallest absolute Gasteiger partial charge is 0.245 e. The van der Waals surface area contributed by atoms with Crippen LogP contribution in [0.4, 0.5) is 0 Å². The van der Waals surface area contributed by atoms with E-state index in [1.54, 1.807) is 23.9 Å². The number of carbonyl (C=O) groups excluding carboxylic acids is 1. The van der Waals surface area contributed by atoms with Gasteiger partial charge >= 0.3 is 0 Å². The molecule has 1 unspecified atom stereocenters. The fourth-order valence-corrected chi connectivity index (χ4v) is 3.11. The van der Waals surface area contributed by atoms with Gasteiger partial charge in [0.05, 0.1) is 17.5 Å². The largest absolute Gasteiger partial charge is 0.338 e. The highest BCUT2D eigenvalue weighted by Crippen LogP contribution is 2.13. The lowest BCUT2D eigenvalue weighted by molar-refractivity contribution is -0.136. The number of hydrogen-bond donors (Lipinski definition) is 0. The van der Waals surface area contributed by atoms with Crippen LogP contribution in [-0.4, -0.2) is 56.4 Å². The molecule has 21 heavy (non-hydrogen) atoms. The summed E-state index contributed by atoms with van der Waals surface area (Å²) < 4.78 is 1.85. The molecule has 3 heterocycles. The summed E-state index contributed by atoms with van der Waals surface area (Å²) in [5.74, 6) is 0.168. The Kier molecular flexibility index (Phi) is 4.31. The first-order valence-corrected chi connectivity index (χ1v) is 8.04. The monoisotopic (exact) mass is 305 g/mol. The van der Waals surface area contributed by atoms with Crippen LogP contribution in [0.5, 0.6) is 0 Å². The quantitative estimate of drug-likeness (QED) is 0.853. The Hall–Kier alpha value is -1.73. The summed E-state index contributed by atoms with van der Waals surface area (Å²) in [6.45, 7) is 6.16. The van der Waals surface area contributed by atoms with E-state index in [-0.39, 0.29) is 11.9 Å². The van der Waals surface area contributed by atoms with E-state index in [1.807, 2.05) is 28.1 Å². The van der Waals surface area contributed by atoms with E-state index in [2.05, 4.69) is 20.2 Å². The second kappa shape index (κ2) is 6.36. The van der Waals surface area contributed by atoms with Crippen LogP contribution in [-0.2, 0) is 11.3 Å². The number of aromatic nitrogens is 3. The summed E-state index contributed by atoms with van der Waals surface area (Å²) in [6, 6.07) is -0.183. The highest BCUT2D eigenvalue weighted by Gasteiger charge is 2.25. The van der Waals surface area contributed by atoms with Crippen molar-refractivity contribution in [3.63, 3.8) is 0 Å². The van der Waals surface area contributed by atoms with Crippen molar-refractivity contribution in [2.24, 2.45) is 0 Å². The normalized spacial score (nSPS) is 17.9. The van der Waals surface area contributed by atoms with Gasteiger partial charge in [0.15, 0.2) is 0 Å². The summed E-state index contributed by atoms with van der Waals surface area (Å²) in [4.78, 5) is 25.1. The molecule has 1 aliphatic heterocycles. The van der Waals surface area contributed by atoms with Crippen LogP contribution < -0.4 is 0 Å². The van der Waals surface area contributed by atoms with Gasteiger partial charge in [0.1, 0.15) is 6.04 Å². The molecular weight excluding hydrogens is 286 g/mol. The Morgan fingerprint density at radius 2 is 2.19 bits per heavy atom. The van der Waals surface area contributed by atoms with Crippen molar-refractivity contribution in [2.45, 2.75) is 19.5 Å². The Morgan fingerprint density at radius 1 is 1.38 bits per heavy atom. The van der Waals surface area contributed by atoms with Gasteiger partial charge in [-0.05, 0) is 6.92 Å². The third kappa shape index (κ3) is 3.30. The van der Waals surface area contributed by atoms with Crippen LogP contribution >= 0.6 is 11.3 Å². The number of thiazole rings is 1. The maximum atomic E-state index is 12.5. The summed E-state index contributed by atoms with van der Waals surface area (Å²) >= 11 is 1.63. The van der Waals surface area contributed by atoms with Gasteiger partial charge in [-0.15, -0.1) is 11.3 Å². The van der Waals surface area contributed by atoms with Crippen LogP contribution in [0.15, 0.2) is 29.6 Å². The first-order chi connectivity index (χ1) is 10.2. The Bertz CT molecular complexity index is 560. The van der Waals surface area contributed by atoms with Crippen LogP contribution in [0.2, 0.25) is 0 Å². The van der Waals surface area contributed by atoms with E-state index in [0.717, 1.165) is 38.4 Å². The number of amides is 1. The van der Waals surface area contributed by atoms with Crippen molar-refractivity contribution < 1.29 is 4.79 Å². The molecule has 2 aromatic heterocycles. The number of rotatable bonds is 4. The number of imidazole rings is 1. The molecular formula is C14H19N5OS. The maximum Gasteiger partial charge on any atom is 0.245 e.